The smallest absolute Gasteiger partial charge is 0.254 e. The summed E-state index contributed by atoms with van der Waals surface area (Å²) >= 11 is 0. The molecule has 3 aromatic rings. The van der Waals surface area contributed by atoms with Gasteiger partial charge < -0.3 is 19.7 Å². The van der Waals surface area contributed by atoms with Crippen LogP contribution in [0.5, 0.6) is 5.75 Å². The Morgan fingerprint density at radius 1 is 0.939 bits per heavy atom. The minimum absolute atomic E-state index is 0.124. The lowest BCUT2D eigenvalue weighted by Crippen LogP contribution is -2.58. The highest BCUT2D eigenvalue weighted by Crippen LogP contribution is 2.22. The Morgan fingerprint density at radius 3 is 2.33 bits per heavy atom. The molecule has 0 aromatic heterocycles. The van der Waals surface area contributed by atoms with E-state index in [9.17, 15) is 9.59 Å². The molecular weight excluding hydrogens is 416 g/mol. The van der Waals surface area contributed by atoms with Gasteiger partial charge >= 0.3 is 0 Å². The van der Waals surface area contributed by atoms with Gasteiger partial charge in [0.2, 0.25) is 5.91 Å². The molecule has 0 saturated carbocycles. The van der Waals surface area contributed by atoms with Crippen molar-refractivity contribution in [2.75, 3.05) is 33.4 Å². The molecule has 0 aliphatic carbocycles. The number of hydrogen-bond donors (Lipinski definition) is 1. The fourth-order valence-electron chi connectivity index (χ4n) is 3.95. The molecule has 1 atom stereocenters. The molecule has 33 heavy (non-hydrogen) atoms. The van der Waals surface area contributed by atoms with Crippen molar-refractivity contribution in [1.29, 1.82) is 0 Å². The van der Waals surface area contributed by atoms with E-state index in [1.54, 1.807) is 36.3 Å². The number of carbonyl (C=O) groups excluding carboxylic acids is 2. The molecule has 1 heterocycles. The number of hydrogen-bond acceptors (Lipinski definition) is 4. The Hall–Kier alpha value is -3.64. The number of nitrogens with one attached hydrogen (secondary N) is 1. The second-order valence-electron chi connectivity index (χ2n) is 7.94. The maximum absolute atomic E-state index is 13.2. The number of piperazine rings is 1. The van der Waals surface area contributed by atoms with Gasteiger partial charge in [-0.15, -0.1) is 0 Å². The molecular formula is C27H28N2O4. The Bertz CT molecular complexity index is 1070. The zero-order valence-electron chi connectivity index (χ0n) is 18.7. The predicted octanol–water partition coefficient (Wildman–Crippen LogP) is 3.56. The molecule has 1 aliphatic rings. The number of rotatable bonds is 8. The van der Waals surface area contributed by atoms with E-state index < -0.39 is 6.04 Å². The summed E-state index contributed by atoms with van der Waals surface area (Å²) < 4.78 is 10.6. The van der Waals surface area contributed by atoms with Crippen molar-refractivity contribution in [2.45, 2.75) is 12.5 Å². The van der Waals surface area contributed by atoms with Crippen LogP contribution in [0.15, 0.2) is 78.9 Å². The molecule has 0 unspecified atom stereocenters. The van der Waals surface area contributed by atoms with Crippen molar-refractivity contribution in [1.82, 2.24) is 10.2 Å². The summed E-state index contributed by atoms with van der Waals surface area (Å²) in [6.07, 6.45) is 0.463. The van der Waals surface area contributed by atoms with Gasteiger partial charge in [-0.3, -0.25) is 9.59 Å². The molecule has 0 bridgehead atoms. The fraction of sp³-hybridized carbons (Fsp3) is 0.259. The van der Waals surface area contributed by atoms with Crippen LogP contribution in [-0.2, 0) is 16.0 Å². The van der Waals surface area contributed by atoms with E-state index >= 15 is 0 Å². The third-order valence-corrected chi connectivity index (χ3v) is 5.74. The molecule has 1 N–H and O–H groups in total. The average molecular weight is 445 g/mol. The van der Waals surface area contributed by atoms with E-state index in [1.807, 2.05) is 30.3 Å². The van der Waals surface area contributed by atoms with Crippen LogP contribution in [0, 0.1) is 0 Å². The highest BCUT2D eigenvalue weighted by molar-refractivity contribution is 5.98. The maximum Gasteiger partial charge on any atom is 0.254 e. The number of amides is 2. The second kappa shape index (κ2) is 10.8. The first-order valence-electron chi connectivity index (χ1n) is 11.1. The van der Waals surface area contributed by atoms with Crippen molar-refractivity contribution in [3.05, 3.63) is 90.0 Å². The minimum Gasteiger partial charge on any atom is -0.491 e. The number of methoxy groups -OCH3 is 1. The van der Waals surface area contributed by atoms with Gasteiger partial charge in [0.25, 0.3) is 5.91 Å². The SMILES string of the molecule is COCCOc1ccc(C(=O)N2CCNC(=O)[C@@H]2Cc2ccc(-c3ccccc3)cc2)cc1. The zero-order chi connectivity index (χ0) is 23.0. The topological polar surface area (TPSA) is 67.9 Å². The summed E-state index contributed by atoms with van der Waals surface area (Å²) in [6, 6.07) is 24.8. The zero-order valence-corrected chi connectivity index (χ0v) is 18.7. The third kappa shape index (κ3) is 5.59. The molecule has 6 nitrogen and oxygen atoms in total. The Kier molecular flexibility index (Phi) is 7.37. The van der Waals surface area contributed by atoms with Crippen LogP contribution < -0.4 is 10.1 Å². The van der Waals surface area contributed by atoms with Crippen LogP contribution in [0.3, 0.4) is 0 Å². The standard InChI is InChI=1S/C27H28N2O4/c1-32-17-18-33-24-13-11-23(12-14-24)27(31)29-16-15-28-26(30)25(29)19-20-7-9-22(10-8-20)21-5-3-2-4-6-21/h2-14,25H,15-19H2,1H3,(H,28,30)/t25-/m0/s1. The van der Waals surface area contributed by atoms with Crippen LogP contribution >= 0.6 is 0 Å². The van der Waals surface area contributed by atoms with E-state index in [2.05, 4.69) is 29.6 Å². The first-order chi connectivity index (χ1) is 16.2. The Labute approximate surface area is 194 Å². The van der Waals surface area contributed by atoms with Crippen LogP contribution in [0.1, 0.15) is 15.9 Å². The quantitative estimate of drug-likeness (QED) is 0.540. The molecule has 2 amide bonds. The van der Waals surface area contributed by atoms with Gasteiger partial charge in [-0.1, -0.05) is 54.6 Å². The van der Waals surface area contributed by atoms with Gasteiger partial charge in [0.05, 0.1) is 6.61 Å². The Balaban J connectivity index is 1.46. The van der Waals surface area contributed by atoms with Gasteiger partial charge in [-0.05, 0) is 41.0 Å². The van der Waals surface area contributed by atoms with Gasteiger partial charge in [0, 0.05) is 32.2 Å². The summed E-state index contributed by atoms with van der Waals surface area (Å²) in [7, 11) is 1.62. The average Bonchev–Trinajstić information content (AvgIpc) is 2.86. The summed E-state index contributed by atoms with van der Waals surface area (Å²) in [5.74, 6) is 0.399. The summed E-state index contributed by atoms with van der Waals surface area (Å²) in [6.45, 7) is 1.87. The van der Waals surface area contributed by atoms with Crippen molar-refractivity contribution in [3.8, 4) is 16.9 Å². The van der Waals surface area contributed by atoms with E-state index in [0.717, 1.165) is 16.7 Å². The highest BCUT2D eigenvalue weighted by Gasteiger charge is 2.33. The number of carbonyl (C=O) groups is 2. The fourth-order valence-corrected chi connectivity index (χ4v) is 3.95. The van der Waals surface area contributed by atoms with E-state index in [1.165, 1.54) is 0 Å². The van der Waals surface area contributed by atoms with Gasteiger partial charge in [0.15, 0.2) is 0 Å². The van der Waals surface area contributed by atoms with E-state index in [4.69, 9.17) is 9.47 Å². The minimum atomic E-state index is -0.550. The number of benzene rings is 3. The molecule has 170 valence electrons. The molecule has 3 aromatic carbocycles. The van der Waals surface area contributed by atoms with Crippen molar-refractivity contribution in [3.63, 3.8) is 0 Å². The molecule has 4 rings (SSSR count). The van der Waals surface area contributed by atoms with Gasteiger partial charge in [-0.25, -0.2) is 0 Å². The lowest BCUT2D eigenvalue weighted by Gasteiger charge is -2.35. The normalized spacial score (nSPS) is 15.7. The van der Waals surface area contributed by atoms with Gasteiger partial charge in [-0.2, -0.15) is 0 Å². The molecule has 1 fully saturated rings. The van der Waals surface area contributed by atoms with Crippen LogP contribution in [-0.4, -0.2) is 56.2 Å². The predicted molar refractivity (Wildman–Crippen MR) is 127 cm³/mol. The first-order valence-corrected chi connectivity index (χ1v) is 11.1. The van der Waals surface area contributed by atoms with Gasteiger partial charge in [0.1, 0.15) is 18.4 Å². The van der Waals surface area contributed by atoms with Crippen LogP contribution in [0.4, 0.5) is 0 Å². The van der Waals surface area contributed by atoms with Crippen molar-refractivity contribution < 1.29 is 19.1 Å². The lowest BCUT2D eigenvalue weighted by molar-refractivity contribution is -0.127. The summed E-state index contributed by atoms with van der Waals surface area (Å²) in [4.78, 5) is 27.6. The summed E-state index contributed by atoms with van der Waals surface area (Å²) in [5.41, 5.74) is 3.81. The van der Waals surface area contributed by atoms with E-state index in [-0.39, 0.29) is 11.8 Å². The molecule has 6 heteroatoms. The third-order valence-electron chi connectivity index (χ3n) is 5.74. The monoisotopic (exact) mass is 444 g/mol. The van der Waals surface area contributed by atoms with Crippen LogP contribution in [0.25, 0.3) is 11.1 Å². The van der Waals surface area contributed by atoms with E-state index in [0.29, 0.717) is 44.0 Å². The Morgan fingerprint density at radius 2 is 1.64 bits per heavy atom. The maximum atomic E-state index is 13.2. The molecule has 0 radical (unpaired) electrons. The van der Waals surface area contributed by atoms with Crippen LogP contribution in [0.2, 0.25) is 0 Å². The molecule has 1 saturated heterocycles. The van der Waals surface area contributed by atoms with Crippen molar-refractivity contribution in [2.24, 2.45) is 0 Å². The highest BCUT2D eigenvalue weighted by atomic mass is 16.5. The first kappa shape index (κ1) is 22.6. The largest absolute Gasteiger partial charge is 0.491 e. The number of ether oxygens (including phenoxy) is 2. The van der Waals surface area contributed by atoms with Crippen molar-refractivity contribution >= 4 is 11.8 Å². The molecule has 0 spiro atoms. The molecule has 1 aliphatic heterocycles. The lowest BCUT2D eigenvalue weighted by atomic mass is 9.98. The number of nitrogens with zero attached hydrogens (tertiary/aromatic N) is 1. The second-order valence-corrected chi connectivity index (χ2v) is 7.94. The summed E-state index contributed by atoms with van der Waals surface area (Å²) in [5, 5.41) is 2.90.